The van der Waals surface area contributed by atoms with E-state index in [9.17, 15) is 4.79 Å². The first-order valence-corrected chi connectivity index (χ1v) is 5.95. The van der Waals surface area contributed by atoms with E-state index in [1.54, 1.807) is 18.2 Å². The van der Waals surface area contributed by atoms with E-state index in [1.807, 2.05) is 0 Å². The van der Waals surface area contributed by atoms with Crippen LogP contribution < -0.4 is 15.8 Å². The van der Waals surface area contributed by atoms with Crippen molar-refractivity contribution in [1.82, 2.24) is 5.32 Å². The largest absolute Gasteiger partial charge is 0.496 e. The second-order valence-electron chi connectivity index (χ2n) is 3.89. The molecule has 1 rings (SSSR count). The summed E-state index contributed by atoms with van der Waals surface area (Å²) in [5.41, 5.74) is 6.03. The van der Waals surface area contributed by atoms with Gasteiger partial charge in [-0.2, -0.15) is 0 Å². The fraction of sp³-hybridized carbons (Fsp3) is 0.333. The SMILES string of the molecule is COc1cccc(Cl)c1CNC(=O)C(C)/C(N)=N/O. The molecular formula is C12H16ClN3O3. The highest BCUT2D eigenvalue weighted by molar-refractivity contribution is 6.31. The molecule has 1 aromatic rings. The van der Waals surface area contributed by atoms with Crippen molar-refractivity contribution < 1.29 is 14.7 Å². The van der Waals surface area contributed by atoms with Crippen LogP contribution in [0.25, 0.3) is 0 Å². The molecule has 0 aromatic heterocycles. The molecule has 1 atom stereocenters. The zero-order chi connectivity index (χ0) is 14.4. The minimum absolute atomic E-state index is 0.149. The van der Waals surface area contributed by atoms with E-state index in [4.69, 9.17) is 27.3 Å². The van der Waals surface area contributed by atoms with Gasteiger partial charge >= 0.3 is 0 Å². The molecule has 19 heavy (non-hydrogen) atoms. The van der Waals surface area contributed by atoms with Crippen molar-refractivity contribution >= 4 is 23.3 Å². The molecule has 0 spiro atoms. The lowest BCUT2D eigenvalue weighted by Crippen LogP contribution is -2.36. The van der Waals surface area contributed by atoms with Gasteiger partial charge in [0.15, 0.2) is 5.84 Å². The number of ether oxygens (including phenoxy) is 1. The van der Waals surface area contributed by atoms with E-state index in [0.29, 0.717) is 16.3 Å². The number of hydrogen-bond acceptors (Lipinski definition) is 4. The van der Waals surface area contributed by atoms with Gasteiger partial charge in [0.1, 0.15) is 5.75 Å². The van der Waals surface area contributed by atoms with Gasteiger partial charge in [0.05, 0.1) is 13.0 Å². The van der Waals surface area contributed by atoms with Crippen molar-refractivity contribution in [3.63, 3.8) is 0 Å². The number of oxime groups is 1. The van der Waals surface area contributed by atoms with Crippen LogP contribution in [0.3, 0.4) is 0 Å². The Labute approximate surface area is 116 Å². The third-order valence-electron chi connectivity index (χ3n) is 2.69. The third-order valence-corrected chi connectivity index (χ3v) is 3.04. The summed E-state index contributed by atoms with van der Waals surface area (Å²) >= 11 is 6.04. The second kappa shape index (κ2) is 6.84. The highest BCUT2D eigenvalue weighted by atomic mass is 35.5. The first-order valence-electron chi connectivity index (χ1n) is 5.57. The molecule has 0 aliphatic heterocycles. The van der Waals surface area contributed by atoms with Gasteiger partial charge in [0.25, 0.3) is 0 Å². The third kappa shape index (κ3) is 3.75. The summed E-state index contributed by atoms with van der Waals surface area (Å²) in [5.74, 6) is -0.649. The quantitative estimate of drug-likeness (QED) is 0.329. The van der Waals surface area contributed by atoms with Crippen LogP contribution in [-0.4, -0.2) is 24.1 Å². The van der Waals surface area contributed by atoms with Crippen LogP contribution in [0.15, 0.2) is 23.4 Å². The van der Waals surface area contributed by atoms with Gasteiger partial charge in [-0.1, -0.05) is 22.8 Å². The van der Waals surface area contributed by atoms with Crippen LogP contribution in [0.1, 0.15) is 12.5 Å². The van der Waals surface area contributed by atoms with Gasteiger partial charge in [-0.05, 0) is 19.1 Å². The Kier molecular flexibility index (Phi) is 5.44. The fourth-order valence-electron chi connectivity index (χ4n) is 1.45. The van der Waals surface area contributed by atoms with Gasteiger partial charge in [0.2, 0.25) is 5.91 Å². The normalized spacial score (nSPS) is 12.9. The Morgan fingerprint density at radius 2 is 2.32 bits per heavy atom. The predicted octanol–water partition coefficient (Wildman–Crippen LogP) is 1.35. The smallest absolute Gasteiger partial charge is 0.230 e. The summed E-state index contributed by atoms with van der Waals surface area (Å²) in [5, 5.41) is 14.5. The number of nitrogens with one attached hydrogen (secondary N) is 1. The molecule has 0 radical (unpaired) electrons. The number of rotatable bonds is 5. The van der Waals surface area contributed by atoms with E-state index in [1.165, 1.54) is 14.0 Å². The molecule has 0 fully saturated rings. The molecule has 0 heterocycles. The van der Waals surface area contributed by atoms with E-state index in [-0.39, 0.29) is 18.3 Å². The number of benzene rings is 1. The number of carbonyl (C=O) groups is 1. The van der Waals surface area contributed by atoms with Gasteiger partial charge in [-0.3, -0.25) is 4.79 Å². The predicted molar refractivity (Wildman–Crippen MR) is 72.4 cm³/mol. The number of amides is 1. The van der Waals surface area contributed by atoms with E-state index < -0.39 is 5.92 Å². The van der Waals surface area contributed by atoms with Crippen molar-refractivity contribution in [2.45, 2.75) is 13.5 Å². The molecule has 0 bridgehead atoms. The number of amidine groups is 1. The van der Waals surface area contributed by atoms with E-state index in [0.717, 1.165) is 0 Å². The topological polar surface area (TPSA) is 96.9 Å². The standard InChI is InChI=1S/C12H16ClN3O3/c1-7(11(14)16-18)12(17)15-6-8-9(13)4-3-5-10(8)19-2/h3-5,7,18H,6H2,1-2H3,(H2,14,16)(H,15,17). The van der Waals surface area contributed by atoms with Gasteiger partial charge in [-0.25, -0.2) is 0 Å². The molecule has 4 N–H and O–H groups in total. The van der Waals surface area contributed by atoms with Crippen LogP contribution in [-0.2, 0) is 11.3 Å². The van der Waals surface area contributed by atoms with Gasteiger partial charge < -0.3 is 21.0 Å². The van der Waals surface area contributed by atoms with Crippen LogP contribution >= 0.6 is 11.6 Å². The summed E-state index contributed by atoms with van der Waals surface area (Å²) in [6.07, 6.45) is 0. The fourth-order valence-corrected chi connectivity index (χ4v) is 1.68. The van der Waals surface area contributed by atoms with Crippen LogP contribution in [0.4, 0.5) is 0 Å². The maximum atomic E-state index is 11.8. The number of nitrogens with zero attached hydrogens (tertiary/aromatic N) is 1. The number of methoxy groups -OCH3 is 1. The molecule has 6 nitrogen and oxygen atoms in total. The Hall–Kier alpha value is -1.95. The summed E-state index contributed by atoms with van der Waals surface area (Å²) in [4.78, 5) is 11.8. The number of hydrogen-bond donors (Lipinski definition) is 3. The van der Waals surface area contributed by atoms with Crippen LogP contribution in [0.2, 0.25) is 5.02 Å². The zero-order valence-corrected chi connectivity index (χ0v) is 11.4. The Bertz CT molecular complexity index is 491. The van der Waals surface area contributed by atoms with E-state index in [2.05, 4.69) is 10.5 Å². The zero-order valence-electron chi connectivity index (χ0n) is 10.7. The molecular weight excluding hydrogens is 270 g/mol. The van der Waals surface area contributed by atoms with Gasteiger partial charge in [-0.15, -0.1) is 0 Å². The number of nitrogens with two attached hydrogens (primary N) is 1. The second-order valence-corrected chi connectivity index (χ2v) is 4.29. The summed E-state index contributed by atoms with van der Waals surface area (Å²) in [7, 11) is 1.52. The monoisotopic (exact) mass is 285 g/mol. The van der Waals surface area contributed by atoms with Crippen LogP contribution in [0, 0.1) is 5.92 Å². The first-order chi connectivity index (χ1) is 9.01. The highest BCUT2D eigenvalue weighted by Crippen LogP contribution is 2.25. The molecule has 1 aromatic carbocycles. The number of carbonyl (C=O) groups excluding carboxylic acids is 1. The minimum Gasteiger partial charge on any atom is -0.496 e. The van der Waals surface area contributed by atoms with Crippen molar-refractivity contribution in [2.24, 2.45) is 16.8 Å². The van der Waals surface area contributed by atoms with Crippen molar-refractivity contribution in [2.75, 3.05) is 7.11 Å². The molecule has 7 heteroatoms. The minimum atomic E-state index is -0.724. The maximum absolute atomic E-state index is 11.8. The Morgan fingerprint density at radius 1 is 1.63 bits per heavy atom. The van der Waals surface area contributed by atoms with E-state index >= 15 is 0 Å². The molecule has 0 saturated carbocycles. The summed E-state index contributed by atoms with van der Waals surface area (Å²) < 4.78 is 5.16. The lowest BCUT2D eigenvalue weighted by Gasteiger charge is -2.13. The average molecular weight is 286 g/mol. The first kappa shape index (κ1) is 15.1. The Balaban J connectivity index is 2.75. The lowest BCUT2D eigenvalue weighted by atomic mass is 10.1. The molecule has 0 aliphatic rings. The molecule has 0 aliphatic carbocycles. The van der Waals surface area contributed by atoms with Gasteiger partial charge in [0, 0.05) is 17.1 Å². The molecule has 1 unspecified atom stereocenters. The van der Waals surface area contributed by atoms with Crippen LogP contribution in [0.5, 0.6) is 5.75 Å². The average Bonchev–Trinajstić information content (AvgIpc) is 2.43. The molecule has 104 valence electrons. The molecule has 1 amide bonds. The molecule has 0 saturated heterocycles. The van der Waals surface area contributed by atoms with Crippen molar-refractivity contribution in [3.8, 4) is 5.75 Å². The maximum Gasteiger partial charge on any atom is 0.230 e. The number of halogens is 1. The lowest BCUT2D eigenvalue weighted by molar-refractivity contribution is -0.122. The summed E-state index contributed by atoms with van der Waals surface area (Å²) in [6, 6.07) is 5.21. The van der Waals surface area contributed by atoms with Crippen molar-refractivity contribution in [3.05, 3.63) is 28.8 Å². The summed E-state index contributed by atoms with van der Waals surface area (Å²) in [6.45, 7) is 1.74. The Morgan fingerprint density at radius 3 is 2.89 bits per heavy atom. The van der Waals surface area contributed by atoms with Crippen molar-refractivity contribution in [1.29, 1.82) is 0 Å². The highest BCUT2D eigenvalue weighted by Gasteiger charge is 2.18.